The molecular formula is C31H38N6OS. The molecule has 1 aliphatic heterocycles. The number of nitrogens with one attached hydrogen (secondary N) is 2. The van der Waals surface area contributed by atoms with Crippen LogP contribution in [0.1, 0.15) is 42.3 Å². The first-order chi connectivity index (χ1) is 19.1. The van der Waals surface area contributed by atoms with Crippen LogP contribution in [0.4, 0.5) is 16.5 Å². The van der Waals surface area contributed by atoms with E-state index in [-0.39, 0.29) is 5.91 Å². The highest BCUT2D eigenvalue weighted by Crippen LogP contribution is 2.29. The number of benzene rings is 2. The van der Waals surface area contributed by atoms with Crippen molar-refractivity contribution in [3.05, 3.63) is 89.1 Å². The van der Waals surface area contributed by atoms with Crippen LogP contribution in [0.2, 0.25) is 0 Å². The smallest absolute Gasteiger partial charge is 0.255 e. The van der Waals surface area contributed by atoms with Crippen LogP contribution in [-0.2, 0) is 6.54 Å². The largest absolute Gasteiger partial charge is 0.331 e. The van der Waals surface area contributed by atoms with Crippen molar-refractivity contribution in [3.8, 4) is 11.3 Å². The molecule has 0 unspecified atom stereocenters. The summed E-state index contributed by atoms with van der Waals surface area (Å²) in [7, 11) is 0. The van der Waals surface area contributed by atoms with Crippen LogP contribution in [0.3, 0.4) is 0 Å². The van der Waals surface area contributed by atoms with E-state index in [1.165, 1.54) is 16.9 Å². The maximum absolute atomic E-state index is 12.9. The number of carbonyl (C=O) groups is 1. The second-order valence-corrected chi connectivity index (χ2v) is 10.2. The van der Waals surface area contributed by atoms with E-state index in [9.17, 15) is 4.79 Å². The number of rotatable bonds is 8. The molecule has 1 amide bonds. The van der Waals surface area contributed by atoms with Gasteiger partial charge in [-0.2, -0.15) is 0 Å². The number of nitrogens with zero attached hydrogens (tertiary/aromatic N) is 4. The molecular weight excluding hydrogens is 504 g/mol. The lowest BCUT2D eigenvalue weighted by molar-refractivity contribution is 0.102. The molecule has 3 heterocycles. The molecule has 1 fully saturated rings. The maximum atomic E-state index is 12.9. The Morgan fingerprint density at radius 1 is 1.00 bits per heavy atom. The Morgan fingerprint density at radius 3 is 2.44 bits per heavy atom. The van der Waals surface area contributed by atoms with Crippen molar-refractivity contribution in [3.63, 3.8) is 0 Å². The number of anilines is 3. The van der Waals surface area contributed by atoms with Gasteiger partial charge < -0.3 is 15.5 Å². The van der Waals surface area contributed by atoms with Gasteiger partial charge >= 0.3 is 0 Å². The van der Waals surface area contributed by atoms with Crippen molar-refractivity contribution >= 4 is 33.8 Å². The molecule has 2 aromatic carbocycles. The van der Waals surface area contributed by atoms with Crippen LogP contribution in [0, 0.1) is 6.92 Å². The Kier molecular flexibility index (Phi) is 10.2. The summed E-state index contributed by atoms with van der Waals surface area (Å²) < 4.78 is 0. The fourth-order valence-electron chi connectivity index (χ4n) is 4.41. The Hall–Kier alpha value is -3.59. The van der Waals surface area contributed by atoms with E-state index >= 15 is 0 Å². The molecule has 0 bridgehead atoms. The lowest BCUT2D eigenvalue weighted by Gasteiger charge is -2.34. The molecule has 2 aromatic heterocycles. The zero-order valence-electron chi connectivity index (χ0n) is 23.3. The molecule has 39 heavy (non-hydrogen) atoms. The molecule has 0 aliphatic carbocycles. The maximum Gasteiger partial charge on any atom is 0.255 e. The van der Waals surface area contributed by atoms with E-state index in [1.807, 2.05) is 68.6 Å². The molecule has 1 aliphatic rings. The van der Waals surface area contributed by atoms with Gasteiger partial charge in [-0.1, -0.05) is 39.0 Å². The molecule has 0 saturated carbocycles. The molecule has 8 heteroatoms. The predicted octanol–water partition coefficient (Wildman–Crippen LogP) is 6.67. The average Bonchev–Trinajstić information content (AvgIpc) is 3.46. The van der Waals surface area contributed by atoms with E-state index < -0.39 is 0 Å². The normalized spacial score (nSPS) is 13.8. The SMILES string of the molecule is CC.CCN1CCN(Cc2ccc(C(=O)Nc3ccc(C)c(Nc4nc(-c5cccnc5)cs4)c3)cc2)CC1. The number of hydrogen-bond acceptors (Lipinski definition) is 7. The van der Waals surface area contributed by atoms with Crippen molar-refractivity contribution in [1.29, 1.82) is 0 Å². The van der Waals surface area contributed by atoms with Crippen molar-refractivity contribution in [1.82, 2.24) is 19.8 Å². The Bertz CT molecular complexity index is 1330. The van der Waals surface area contributed by atoms with Gasteiger partial charge in [-0.05, 0) is 61.0 Å². The summed E-state index contributed by atoms with van der Waals surface area (Å²) in [5.41, 5.74) is 6.46. The van der Waals surface area contributed by atoms with E-state index in [0.29, 0.717) is 5.56 Å². The molecule has 1 saturated heterocycles. The van der Waals surface area contributed by atoms with Crippen molar-refractivity contribution in [2.24, 2.45) is 0 Å². The number of pyridine rings is 1. The van der Waals surface area contributed by atoms with E-state index in [2.05, 4.69) is 49.5 Å². The van der Waals surface area contributed by atoms with Crippen LogP contribution in [0.25, 0.3) is 11.3 Å². The first kappa shape index (κ1) is 28.4. The number of aromatic nitrogens is 2. The molecule has 4 aromatic rings. The Morgan fingerprint density at radius 2 is 1.74 bits per heavy atom. The van der Waals surface area contributed by atoms with Gasteiger partial charge in [0, 0.05) is 73.0 Å². The average molecular weight is 543 g/mol. The van der Waals surface area contributed by atoms with Crippen molar-refractivity contribution in [2.75, 3.05) is 43.4 Å². The minimum absolute atomic E-state index is 0.119. The molecule has 2 N–H and O–H groups in total. The van der Waals surface area contributed by atoms with Crippen LogP contribution >= 0.6 is 11.3 Å². The second-order valence-electron chi connectivity index (χ2n) is 9.30. The van der Waals surface area contributed by atoms with Gasteiger partial charge in [0.2, 0.25) is 0 Å². The van der Waals surface area contributed by atoms with E-state index in [4.69, 9.17) is 0 Å². The zero-order valence-corrected chi connectivity index (χ0v) is 24.1. The number of aryl methyl sites for hydroxylation is 1. The third kappa shape index (κ3) is 7.72. The van der Waals surface area contributed by atoms with Crippen molar-refractivity contribution in [2.45, 2.75) is 34.2 Å². The topological polar surface area (TPSA) is 73.4 Å². The van der Waals surface area contributed by atoms with Gasteiger partial charge in [0.25, 0.3) is 5.91 Å². The molecule has 7 nitrogen and oxygen atoms in total. The number of likely N-dealkylation sites (N-methyl/N-ethyl adjacent to an activating group) is 1. The number of carbonyl (C=O) groups excluding carboxylic acids is 1. The molecule has 204 valence electrons. The highest BCUT2D eigenvalue weighted by Gasteiger charge is 2.16. The molecule has 0 radical (unpaired) electrons. The summed E-state index contributed by atoms with van der Waals surface area (Å²) in [5.74, 6) is -0.119. The Balaban J connectivity index is 0.00000172. The fraction of sp³-hybridized carbons (Fsp3) is 0.323. The third-order valence-electron chi connectivity index (χ3n) is 6.73. The van der Waals surface area contributed by atoms with Gasteiger partial charge in [0.15, 0.2) is 5.13 Å². The summed E-state index contributed by atoms with van der Waals surface area (Å²) in [5, 5.41) is 9.23. The van der Waals surface area contributed by atoms with Crippen LogP contribution in [0.5, 0.6) is 0 Å². The number of hydrogen-bond donors (Lipinski definition) is 2. The van der Waals surface area contributed by atoms with Crippen molar-refractivity contribution < 1.29 is 4.79 Å². The van der Waals surface area contributed by atoms with E-state index in [0.717, 1.165) is 72.6 Å². The van der Waals surface area contributed by atoms with Crippen LogP contribution in [0.15, 0.2) is 72.4 Å². The van der Waals surface area contributed by atoms with Gasteiger partial charge in [-0.3, -0.25) is 14.7 Å². The van der Waals surface area contributed by atoms with Crippen LogP contribution < -0.4 is 10.6 Å². The number of amides is 1. The summed E-state index contributed by atoms with van der Waals surface area (Å²) in [6.07, 6.45) is 3.56. The first-order valence-electron chi connectivity index (χ1n) is 13.7. The highest BCUT2D eigenvalue weighted by molar-refractivity contribution is 7.14. The summed E-state index contributed by atoms with van der Waals surface area (Å²) in [6.45, 7) is 14.7. The molecule has 5 rings (SSSR count). The number of thiazole rings is 1. The summed E-state index contributed by atoms with van der Waals surface area (Å²) in [6, 6.07) is 17.7. The van der Waals surface area contributed by atoms with Gasteiger partial charge in [-0.25, -0.2) is 4.98 Å². The van der Waals surface area contributed by atoms with Gasteiger partial charge in [-0.15, -0.1) is 11.3 Å². The third-order valence-corrected chi connectivity index (χ3v) is 7.49. The van der Waals surface area contributed by atoms with Gasteiger partial charge in [0.05, 0.1) is 5.69 Å². The zero-order chi connectivity index (χ0) is 27.6. The molecule has 0 spiro atoms. The highest BCUT2D eigenvalue weighted by atomic mass is 32.1. The van der Waals surface area contributed by atoms with Crippen LogP contribution in [-0.4, -0.2) is 58.4 Å². The number of piperazine rings is 1. The standard InChI is InChI=1S/C29H32N6OS.C2H6/c1-3-34-13-15-35(16-14-34)19-22-7-9-23(10-8-22)28(36)31-25-11-6-21(2)26(17-25)32-29-33-27(20-37-29)24-5-4-12-30-18-24;1-2/h4-12,17-18,20H,3,13-16,19H2,1-2H3,(H,31,36)(H,32,33);1-2H3. The minimum Gasteiger partial charge on any atom is -0.331 e. The Labute approximate surface area is 235 Å². The molecule has 0 atom stereocenters. The minimum atomic E-state index is -0.119. The lowest BCUT2D eigenvalue weighted by atomic mass is 10.1. The first-order valence-corrected chi connectivity index (χ1v) is 14.5. The van der Waals surface area contributed by atoms with E-state index in [1.54, 1.807) is 12.4 Å². The monoisotopic (exact) mass is 542 g/mol. The lowest BCUT2D eigenvalue weighted by Crippen LogP contribution is -2.45. The fourth-order valence-corrected chi connectivity index (χ4v) is 5.15. The predicted molar refractivity (Wildman–Crippen MR) is 163 cm³/mol. The summed E-state index contributed by atoms with van der Waals surface area (Å²) >= 11 is 1.54. The summed E-state index contributed by atoms with van der Waals surface area (Å²) in [4.78, 5) is 26.7. The van der Waals surface area contributed by atoms with Gasteiger partial charge in [0.1, 0.15) is 0 Å². The second kappa shape index (κ2) is 14.0. The quantitative estimate of drug-likeness (QED) is 0.259.